The van der Waals surface area contributed by atoms with Gasteiger partial charge >= 0.3 is 0 Å². The zero-order valence-corrected chi connectivity index (χ0v) is 13.2. The summed E-state index contributed by atoms with van der Waals surface area (Å²) < 4.78 is 23.8. The third kappa shape index (κ3) is 3.13. The number of nitrogens with one attached hydrogen (secondary N) is 1. The van der Waals surface area contributed by atoms with E-state index in [0.717, 1.165) is 16.7 Å². The standard InChI is InChI=1S/C15H15N5O2S/c1-10-5-2-3-6-11(10)9-12-7-4-8-13(23(16,21)22)14(12)15-17-19-20-18-15/h2-8H,9H2,1H3,(H2,16,21,22)(H,17,18,19,20). The van der Waals surface area contributed by atoms with Crippen molar-refractivity contribution in [3.05, 3.63) is 59.2 Å². The number of primary sulfonamides is 1. The van der Waals surface area contributed by atoms with Crippen molar-refractivity contribution in [2.75, 3.05) is 0 Å². The van der Waals surface area contributed by atoms with Gasteiger partial charge in [-0.25, -0.2) is 13.6 Å². The molecule has 1 aromatic heterocycles. The van der Waals surface area contributed by atoms with Gasteiger partial charge < -0.3 is 0 Å². The van der Waals surface area contributed by atoms with Gasteiger partial charge in [-0.1, -0.05) is 36.4 Å². The molecule has 0 saturated carbocycles. The molecule has 0 aliphatic carbocycles. The maximum Gasteiger partial charge on any atom is 0.238 e. The first-order valence-corrected chi connectivity index (χ1v) is 8.44. The minimum atomic E-state index is -3.91. The van der Waals surface area contributed by atoms with Gasteiger partial charge in [0.2, 0.25) is 15.8 Å². The summed E-state index contributed by atoms with van der Waals surface area (Å²) >= 11 is 0. The van der Waals surface area contributed by atoms with Crippen molar-refractivity contribution in [2.24, 2.45) is 5.14 Å². The topological polar surface area (TPSA) is 115 Å². The molecule has 23 heavy (non-hydrogen) atoms. The van der Waals surface area contributed by atoms with Crippen LogP contribution in [-0.4, -0.2) is 29.0 Å². The van der Waals surface area contributed by atoms with Gasteiger partial charge in [0.25, 0.3) is 0 Å². The Morgan fingerprint density at radius 1 is 1.09 bits per heavy atom. The highest BCUT2D eigenvalue weighted by atomic mass is 32.2. The smallest absolute Gasteiger partial charge is 0.225 e. The highest BCUT2D eigenvalue weighted by molar-refractivity contribution is 7.89. The fourth-order valence-corrected chi connectivity index (χ4v) is 3.27. The van der Waals surface area contributed by atoms with Gasteiger partial charge in [-0.2, -0.15) is 5.21 Å². The molecular weight excluding hydrogens is 314 g/mol. The van der Waals surface area contributed by atoms with E-state index in [1.807, 2.05) is 37.3 Å². The van der Waals surface area contributed by atoms with Crippen molar-refractivity contribution >= 4 is 10.0 Å². The van der Waals surface area contributed by atoms with E-state index >= 15 is 0 Å². The number of aromatic amines is 1. The molecule has 7 nitrogen and oxygen atoms in total. The van der Waals surface area contributed by atoms with E-state index < -0.39 is 10.0 Å². The lowest BCUT2D eigenvalue weighted by Gasteiger charge is -2.12. The summed E-state index contributed by atoms with van der Waals surface area (Å²) in [6.07, 6.45) is 0.542. The Morgan fingerprint density at radius 3 is 2.48 bits per heavy atom. The lowest BCUT2D eigenvalue weighted by molar-refractivity contribution is 0.598. The van der Waals surface area contributed by atoms with E-state index in [-0.39, 0.29) is 10.7 Å². The second-order valence-corrected chi connectivity index (χ2v) is 6.70. The second-order valence-electron chi connectivity index (χ2n) is 5.17. The van der Waals surface area contributed by atoms with Crippen LogP contribution in [-0.2, 0) is 16.4 Å². The molecule has 8 heteroatoms. The second kappa shape index (κ2) is 5.90. The van der Waals surface area contributed by atoms with Crippen molar-refractivity contribution in [1.29, 1.82) is 0 Å². The maximum atomic E-state index is 11.9. The SMILES string of the molecule is Cc1ccccc1Cc1cccc(S(N)(=O)=O)c1-c1nn[nH]n1. The van der Waals surface area contributed by atoms with Crippen LogP contribution in [0.5, 0.6) is 0 Å². The summed E-state index contributed by atoms with van der Waals surface area (Å²) in [6, 6.07) is 12.9. The van der Waals surface area contributed by atoms with Crippen LogP contribution in [0, 0.1) is 6.92 Å². The maximum absolute atomic E-state index is 11.9. The highest BCUT2D eigenvalue weighted by Gasteiger charge is 2.21. The number of aryl methyl sites for hydroxylation is 1. The number of hydrogen-bond donors (Lipinski definition) is 2. The molecule has 0 atom stereocenters. The highest BCUT2D eigenvalue weighted by Crippen LogP contribution is 2.29. The molecule has 0 aliphatic heterocycles. The van der Waals surface area contributed by atoms with Crippen LogP contribution in [0.2, 0.25) is 0 Å². The van der Waals surface area contributed by atoms with Crippen LogP contribution in [0.25, 0.3) is 11.4 Å². The van der Waals surface area contributed by atoms with Gasteiger partial charge in [-0.15, -0.1) is 10.2 Å². The molecule has 0 amide bonds. The Balaban J connectivity index is 2.20. The predicted octanol–water partition coefficient (Wildman–Crippen LogP) is 1.41. The van der Waals surface area contributed by atoms with Crippen LogP contribution in [0.1, 0.15) is 16.7 Å². The van der Waals surface area contributed by atoms with E-state index in [2.05, 4.69) is 20.6 Å². The first-order valence-electron chi connectivity index (χ1n) is 6.90. The van der Waals surface area contributed by atoms with Crippen LogP contribution >= 0.6 is 0 Å². The molecule has 3 N–H and O–H groups in total. The molecule has 0 bridgehead atoms. The largest absolute Gasteiger partial charge is 0.238 e. The normalized spacial score (nSPS) is 11.6. The van der Waals surface area contributed by atoms with Gasteiger partial charge in [0.05, 0.1) is 4.90 Å². The molecule has 0 saturated heterocycles. The van der Waals surface area contributed by atoms with Crippen LogP contribution in [0.4, 0.5) is 0 Å². The molecule has 0 radical (unpaired) electrons. The van der Waals surface area contributed by atoms with Gasteiger partial charge in [0.1, 0.15) is 0 Å². The van der Waals surface area contributed by atoms with E-state index in [1.165, 1.54) is 6.07 Å². The zero-order valence-electron chi connectivity index (χ0n) is 12.4. The monoisotopic (exact) mass is 329 g/mol. The Labute approximate surface area is 133 Å². The van der Waals surface area contributed by atoms with Crippen LogP contribution in [0.3, 0.4) is 0 Å². The molecule has 118 valence electrons. The summed E-state index contributed by atoms with van der Waals surface area (Å²) in [5, 5.41) is 19.0. The Hall–Kier alpha value is -2.58. The van der Waals surface area contributed by atoms with E-state index in [0.29, 0.717) is 12.0 Å². The average molecular weight is 329 g/mol. The number of tetrazole rings is 1. The van der Waals surface area contributed by atoms with Crippen LogP contribution in [0.15, 0.2) is 47.4 Å². The molecule has 2 aromatic carbocycles. The van der Waals surface area contributed by atoms with Gasteiger partial charge in [-0.3, -0.25) is 0 Å². The molecule has 0 fully saturated rings. The summed E-state index contributed by atoms with van der Waals surface area (Å²) in [5.41, 5.74) is 3.36. The van der Waals surface area contributed by atoms with Crippen molar-refractivity contribution in [2.45, 2.75) is 18.2 Å². The van der Waals surface area contributed by atoms with Gasteiger partial charge in [-0.05, 0) is 41.3 Å². The Morgan fingerprint density at radius 2 is 1.83 bits per heavy atom. The predicted molar refractivity (Wildman–Crippen MR) is 85.0 cm³/mol. The number of hydrogen-bond acceptors (Lipinski definition) is 5. The number of rotatable bonds is 4. The van der Waals surface area contributed by atoms with Crippen LogP contribution < -0.4 is 5.14 Å². The number of aromatic nitrogens is 4. The van der Waals surface area contributed by atoms with Crippen molar-refractivity contribution in [1.82, 2.24) is 20.6 Å². The average Bonchev–Trinajstić information content (AvgIpc) is 3.02. The Bertz CT molecular complexity index is 936. The molecule has 1 heterocycles. The summed E-state index contributed by atoms with van der Waals surface area (Å²) in [6.45, 7) is 2.01. The lowest BCUT2D eigenvalue weighted by Crippen LogP contribution is -2.15. The number of benzene rings is 2. The molecule has 3 aromatic rings. The van der Waals surface area contributed by atoms with Crippen molar-refractivity contribution < 1.29 is 8.42 Å². The minimum absolute atomic E-state index is 0.00927. The summed E-state index contributed by atoms with van der Waals surface area (Å²) in [7, 11) is -3.91. The first-order chi connectivity index (χ1) is 11.0. The number of nitrogens with zero attached hydrogens (tertiary/aromatic N) is 3. The third-order valence-corrected chi connectivity index (χ3v) is 4.58. The zero-order chi connectivity index (χ0) is 16.4. The molecule has 0 unspecified atom stereocenters. The van der Waals surface area contributed by atoms with Crippen molar-refractivity contribution in [3.8, 4) is 11.4 Å². The molecule has 0 spiro atoms. The fourth-order valence-electron chi connectivity index (χ4n) is 2.50. The van der Waals surface area contributed by atoms with Crippen molar-refractivity contribution in [3.63, 3.8) is 0 Å². The number of sulfonamides is 1. The van der Waals surface area contributed by atoms with Gasteiger partial charge in [0.15, 0.2) is 0 Å². The lowest BCUT2D eigenvalue weighted by atomic mass is 9.96. The molecule has 3 rings (SSSR count). The van der Waals surface area contributed by atoms with E-state index in [9.17, 15) is 8.42 Å². The number of H-pyrrole nitrogens is 1. The van der Waals surface area contributed by atoms with E-state index in [1.54, 1.807) is 6.07 Å². The minimum Gasteiger partial charge on any atom is -0.225 e. The third-order valence-electron chi connectivity index (χ3n) is 3.63. The van der Waals surface area contributed by atoms with Gasteiger partial charge in [0, 0.05) is 5.56 Å². The summed E-state index contributed by atoms with van der Waals surface area (Å²) in [5.74, 6) is 0.207. The quantitative estimate of drug-likeness (QED) is 0.751. The Kier molecular flexibility index (Phi) is 3.93. The van der Waals surface area contributed by atoms with E-state index in [4.69, 9.17) is 5.14 Å². The molecule has 0 aliphatic rings. The first kappa shape index (κ1) is 15.3. The summed E-state index contributed by atoms with van der Waals surface area (Å²) in [4.78, 5) is -0.00927. The fraction of sp³-hybridized carbons (Fsp3) is 0.133. The number of nitrogens with two attached hydrogens (primary N) is 1. The molecular formula is C15H15N5O2S.